The summed E-state index contributed by atoms with van der Waals surface area (Å²) in [5.74, 6) is -1.12. The largest absolute Gasteiger partial charge is 0.481 e. The summed E-state index contributed by atoms with van der Waals surface area (Å²) in [6.45, 7) is 2.61. The van der Waals surface area contributed by atoms with Gasteiger partial charge in [0.2, 0.25) is 0 Å². The first kappa shape index (κ1) is 17.5. The highest BCUT2D eigenvalue weighted by atomic mass is 35.5. The molecular formula is C21H22ClNO3. The van der Waals surface area contributed by atoms with E-state index < -0.39 is 5.97 Å². The number of hydrogen-bond donors (Lipinski definition) is 1. The number of carboxylic acids is 1. The zero-order valence-electron chi connectivity index (χ0n) is 14.5. The van der Waals surface area contributed by atoms with E-state index >= 15 is 0 Å². The van der Waals surface area contributed by atoms with Gasteiger partial charge >= 0.3 is 5.97 Å². The lowest BCUT2D eigenvalue weighted by Gasteiger charge is -2.53. The fourth-order valence-electron chi connectivity index (χ4n) is 4.32. The molecule has 2 fully saturated rings. The molecule has 136 valence electrons. The Kier molecular flexibility index (Phi) is 4.74. The third-order valence-electron chi connectivity index (χ3n) is 5.82. The van der Waals surface area contributed by atoms with Gasteiger partial charge in [-0.25, -0.2) is 0 Å². The number of nitrogens with zero attached hydrogens (tertiary/aromatic N) is 1. The standard InChI is InChI=1S/C21H22ClNO3/c22-19-9-5-4-8-18(19)21(13-26-14-21)23-11-10-16(20(24)25)17(12-23)15-6-2-1-3-7-15/h1-9,16-17H,10-14H2,(H,24,25)/t16-,17+/m1/s1. The first-order valence-corrected chi connectivity index (χ1v) is 9.35. The fraction of sp³-hybridized carbons (Fsp3) is 0.381. The summed E-state index contributed by atoms with van der Waals surface area (Å²) in [6.07, 6.45) is 0.626. The second kappa shape index (κ2) is 7.03. The number of ether oxygens (including phenoxy) is 1. The smallest absolute Gasteiger partial charge is 0.307 e. The van der Waals surface area contributed by atoms with E-state index in [1.165, 1.54) is 0 Å². The van der Waals surface area contributed by atoms with Gasteiger partial charge in [0.25, 0.3) is 0 Å². The molecule has 0 spiro atoms. The molecule has 2 aromatic rings. The molecule has 5 heteroatoms. The Labute approximate surface area is 158 Å². The summed E-state index contributed by atoms with van der Waals surface area (Å²) in [5, 5.41) is 10.5. The monoisotopic (exact) mass is 371 g/mol. The molecule has 2 aromatic carbocycles. The number of aliphatic carboxylic acids is 1. The van der Waals surface area contributed by atoms with Crippen molar-refractivity contribution in [1.29, 1.82) is 0 Å². The Balaban J connectivity index is 1.68. The van der Waals surface area contributed by atoms with E-state index in [4.69, 9.17) is 16.3 Å². The zero-order valence-corrected chi connectivity index (χ0v) is 15.2. The number of rotatable bonds is 4. The number of carbonyl (C=O) groups is 1. The lowest BCUT2D eigenvalue weighted by Crippen LogP contribution is -2.62. The number of halogens is 1. The van der Waals surface area contributed by atoms with Gasteiger partial charge < -0.3 is 9.84 Å². The highest BCUT2D eigenvalue weighted by Crippen LogP contribution is 2.44. The van der Waals surface area contributed by atoms with Crippen molar-refractivity contribution < 1.29 is 14.6 Å². The molecular weight excluding hydrogens is 350 g/mol. The normalized spacial score (nSPS) is 25.4. The van der Waals surface area contributed by atoms with Crippen LogP contribution in [0.15, 0.2) is 54.6 Å². The van der Waals surface area contributed by atoms with Crippen molar-refractivity contribution in [2.45, 2.75) is 17.9 Å². The highest BCUT2D eigenvalue weighted by molar-refractivity contribution is 6.31. The molecule has 2 saturated heterocycles. The van der Waals surface area contributed by atoms with Crippen molar-refractivity contribution >= 4 is 17.6 Å². The van der Waals surface area contributed by atoms with Crippen LogP contribution < -0.4 is 0 Å². The van der Waals surface area contributed by atoms with Gasteiger partial charge in [0.05, 0.1) is 24.7 Å². The maximum absolute atomic E-state index is 11.8. The number of likely N-dealkylation sites (tertiary alicyclic amines) is 1. The molecule has 26 heavy (non-hydrogen) atoms. The first-order chi connectivity index (χ1) is 12.6. The minimum atomic E-state index is -0.713. The first-order valence-electron chi connectivity index (χ1n) is 8.97. The Morgan fingerprint density at radius 2 is 1.81 bits per heavy atom. The van der Waals surface area contributed by atoms with Crippen molar-refractivity contribution in [3.63, 3.8) is 0 Å². The van der Waals surface area contributed by atoms with Crippen LogP contribution in [-0.2, 0) is 15.1 Å². The van der Waals surface area contributed by atoms with Crippen molar-refractivity contribution in [3.8, 4) is 0 Å². The maximum Gasteiger partial charge on any atom is 0.307 e. The molecule has 0 saturated carbocycles. The average molecular weight is 372 g/mol. The molecule has 0 aliphatic carbocycles. The van der Waals surface area contributed by atoms with Gasteiger partial charge in [-0.3, -0.25) is 9.69 Å². The Hall–Kier alpha value is -1.88. The van der Waals surface area contributed by atoms with Crippen LogP contribution in [0.25, 0.3) is 0 Å². The van der Waals surface area contributed by atoms with Crippen LogP contribution in [0.1, 0.15) is 23.5 Å². The molecule has 0 bridgehead atoms. The zero-order chi connectivity index (χ0) is 18.1. The van der Waals surface area contributed by atoms with Crippen molar-refractivity contribution in [3.05, 3.63) is 70.7 Å². The van der Waals surface area contributed by atoms with Crippen molar-refractivity contribution in [2.75, 3.05) is 26.3 Å². The molecule has 0 unspecified atom stereocenters. The second-order valence-electron chi connectivity index (χ2n) is 7.20. The van der Waals surface area contributed by atoms with Crippen LogP contribution >= 0.6 is 11.6 Å². The van der Waals surface area contributed by atoms with E-state index in [0.717, 1.165) is 22.7 Å². The van der Waals surface area contributed by atoms with Crippen molar-refractivity contribution in [1.82, 2.24) is 4.90 Å². The molecule has 2 aliphatic rings. The number of hydrogen-bond acceptors (Lipinski definition) is 3. The van der Waals surface area contributed by atoms with E-state index in [9.17, 15) is 9.90 Å². The summed E-state index contributed by atoms with van der Waals surface area (Å²) in [6, 6.07) is 17.9. The summed E-state index contributed by atoms with van der Waals surface area (Å²) in [7, 11) is 0. The van der Waals surface area contributed by atoms with Crippen molar-refractivity contribution in [2.24, 2.45) is 5.92 Å². The Morgan fingerprint density at radius 1 is 1.12 bits per heavy atom. The van der Waals surface area contributed by atoms with Gasteiger partial charge in [-0.05, 0) is 23.6 Å². The predicted octanol–water partition coefficient (Wildman–Crippen LogP) is 3.76. The van der Waals surface area contributed by atoms with Crippen LogP contribution in [0.3, 0.4) is 0 Å². The van der Waals surface area contributed by atoms with Gasteiger partial charge in [-0.1, -0.05) is 60.1 Å². The van der Waals surface area contributed by atoms with E-state index in [2.05, 4.69) is 11.0 Å². The molecule has 0 radical (unpaired) electrons. The van der Waals surface area contributed by atoms with E-state index in [1.54, 1.807) is 0 Å². The van der Waals surface area contributed by atoms with Gasteiger partial charge in [-0.2, -0.15) is 0 Å². The minimum absolute atomic E-state index is 0.0394. The van der Waals surface area contributed by atoms with E-state index in [-0.39, 0.29) is 17.4 Å². The SMILES string of the molecule is O=C(O)[C@@H]1CCN(C2(c3ccccc3Cl)COC2)C[C@H]1c1ccccc1. The van der Waals surface area contributed by atoms with Gasteiger partial charge in [0.1, 0.15) is 0 Å². The third kappa shape index (κ3) is 2.92. The summed E-state index contributed by atoms with van der Waals surface area (Å²) in [5.41, 5.74) is 1.90. The highest BCUT2D eigenvalue weighted by Gasteiger charge is 2.50. The van der Waals surface area contributed by atoms with Crippen LogP contribution in [0.5, 0.6) is 0 Å². The summed E-state index contributed by atoms with van der Waals surface area (Å²) in [4.78, 5) is 14.2. The lowest BCUT2D eigenvalue weighted by molar-refractivity contribution is -0.163. The minimum Gasteiger partial charge on any atom is -0.481 e. The summed E-state index contributed by atoms with van der Waals surface area (Å²) >= 11 is 6.50. The van der Waals surface area contributed by atoms with Crippen LogP contribution in [0.4, 0.5) is 0 Å². The van der Waals surface area contributed by atoms with Crippen LogP contribution in [0, 0.1) is 5.92 Å². The second-order valence-corrected chi connectivity index (χ2v) is 7.61. The number of carboxylic acid groups (broad SMARTS) is 1. The van der Waals surface area contributed by atoms with Crippen LogP contribution in [0.2, 0.25) is 5.02 Å². The Morgan fingerprint density at radius 3 is 2.42 bits per heavy atom. The maximum atomic E-state index is 11.8. The van der Waals surface area contributed by atoms with Gasteiger partial charge in [0.15, 0.2) is 0 Å². The lowest BCUT2D eigenvalue weighted by atomic mass is 9.77. The quantitative estimate of drug-likeness (QED) is 0.889. The van der Waals surface area contributed by atoms with E-state index in [1.807, 2.05) is 48.5 Å². The van der Waals surface area contributed by atoms with Gasteiger partial charge in [0, 0.05) is 24.0 Å². The molecule has 2 aliphatic heterocycles. The Bertz CT molecular complexity index is 791. The molecule has 1 N–H and O–H groups in total. The fourth-order valence-corrected chi connectivity index (χ4v) is 4.63. The van der Waals surface area contributed by atoms with E-state index in [0.29, 0.717) is 26.2 Å². The summed E-state index contributed by atoms with van der Waals surface area (Å²) < 4.78 is 5.60. The topological polar surface area (TPSA) is 49.8 Å². The van der Waals surface area contributed by atoms with Gasteiger partial charge in [-0.15, -0.1) is 0 Å². The molecule has 4 nitrogen and oxygen atoms in total. The van der Waals surface area contributed by atoms with Crippen LogP contribution in [-0.4, -0.2) is 42.3 Å². The number of benzene rings is 2. The molecule has 0 amide bonds. The number of piperidine rings is 1. The third-order valence-corrected chi connectivity index (χ3v) is 6.15. The molecule has 2 atom stereocenters. The average Bonchev–Trinajstić information content (AvgIpc) is 2.63. The molecule has 0 aromatic heterocycles. The predicted molar refractivity (Wildman–Crippen MR) is 100 cm³/mol. The molecule has 2 heterocycles. The molecule has 4 rings (SSSR count).